The number of nitro benzene ring substituents is 1. The molecule has 6 nitrogen and oxygen atoms in total. The third-order valence-electron chi connectivity index (χ3n) is 5.82. The van der Waals surface area contributed by atoms with E-state index in [0.29, 0.717) is 6.61 Å². The summed E-state index contributed by atoms with van der Waals surface area (Å²) in [5, 5.41) is 10.7. The van der Waals surface area contributed by atoms with Crippen molar-refractivity contribution in [3.05, 3.63) is 70.3 Å². The Kier molecular flexibility index (Phi) is 13.9. The Bertz CT molecular complexity index is 890. The minimum absolute atomic E-state index is 0.0542. The number of nitrogens with zero attached hydrogens (tertiary/aromatic N) is 1. The molecular formula is C29H39NO5. The lowest BCUT2D eigenvalue weighted by Crippen LogP contribution is -2.03. The van der Waals surface area contributed by atoms with Gasteiger partial charge in [-0.15, -0.1) is 0 Å². The first-order valence-electron chi connectivity index (χ1n) is 13.0. The van der Waals surface area contributed by atoms with Crippen LogP contribution in [0.3, 0.4) is 0 Å². The Morgan fingerprint density at radius 2 is 1.29 bits per heavy atom. The Labute approximate surface area is 209 Å². The maximum atomic E-state index is 12.0. The van der Waals surface area contributed by atoms with Crippen LogP contribution in [-0.4, -0.2) is 17.5 Å². The number of nitro groups is 1. The van der Waals surface area contributed by atoms with Crippen molar-refractivity contribution in [3.63, 3.8) is 0 Å². The second-order valence-corrected chi connectivity index (χ2v) is 8.81. The van der Waals surface area contributed by atoms with Gasteiger partial charge >= 0.3 is 5.97 Å². The van der Waals surface area contributed by atoms with Crippen molar-refractivity contribution in [2.75, 3.05) is 6.61 Å². The summed E-state index contributed by atoms with van der Waals surface area (Å²) in [7, 11) is 0. The third kappa shape index (κ3) is 12.8. The zero-order valence-electron chi connectivity index (χ0n) is 21.0. The molecule has 0 aliphatic carbocycles. The molecule has 0 bridgehead atoms. The number of hydrogen-bond acceptors (Lipinski definition) is 5. The molecule has 0 spiro atoms. The lowest BCUT2D eigenvalue weighted by Gasteiger charge is -2.07. The number of benzene rings is 2. The van der Waals surface area contributed by atoms with Gasteiger partial charge in [-0.25, -0.2) is 4.79 Å². The van der Waals surface area contributed by atoms with E-state index >= 15 is 0 Å². The van der Waals surface area contributed by atoms with Gasteiger partial charge in [-0.2, -0.15) is 0 Å². The van der Waals surface area contributed by atoms with Crippen LogP contribution < -0.4 is 9.47 Å². The summed E-state index contributed by atoms with van der Waals surface area (Å²) in [6.07, 6.45) is 18.9. The first-order valence-corrected chi connectivity index (χ1v) is 13.0. The molecule has 0 saturated heterocycles. The largest absolute Gasteiger partial charge is 0.494 e. The van der Waals surface area contributed by atoms with Crippen molar-refractivity contribution >= 4 is 17.7 Å². The van der Waals surface area contributed by atoms with Crippen LogP contribution in [0.1, 0.15) is 89.5 Å². The summed E-state index contributed by atoms with van der Waals surface area (Å²) in [6, 6.07) is 12.9. The van der Waals surface area contributed by atoms with Crippen molar-refractivity contribution in [1.29, 1.82) is 0 Å². The SMILES string of the molecule is CCCCCCCCCCCCCCOc1ccc(/C=C/C(=O)Oc2ccc([N+](=O)[O-])cc2)cc1. The first-order chi connectivity index (χ1) is 17.1. The second kappa shape index (κ2) is 17.3. The molecule has 0 heterocycles. The summed E-state index contributed by atoms with van der Waals surface area (Å²) in [4.78, 5) is 22.1. The monoisotopic (exact) mass is 481 g/mol. The zero-order valence-corrected chi connectivity index (χ0v) is 21.0. The van der Waals surface area contributed by atoms with Crippen LogP contribution in [0.15, 0.2) is 54.6 Å². The number of non-ortho nitro benzene ring substituents is 1. The van der Waals surface area contributed by atoms with E-state index in [-0.39, 0.29) is 11.4 Å². The highest BCUT2D eigenvalue weighted by Crippen LogP contribution is 2.18. The smallest absolute Gasteiger partial charge is 0.336 e. The van der Waals surface area contributed by atoms with Crippen molar-refractivity contribution in [1.82, 2.24) is 0 Å². The Morgan fingerprint density at radius 3 is 1.83 bits per heavy atom. The molecule has 0 aliphatic heterocycles. The van der Waals surface area contributed by atoms with Crippen LogP contribution in [-0.2, 0) is 4.79 Å². The number of hydrogen-bond donors (Lipinski definition) is 0. The highest BCUT2D eigenvalue weighted by atomic mass is 16.6. The molecule has 0 unspecified atom stereocenters. The average Bonchev–Trinajstić information content (AvgIpc) is 2.86. The molecule has 6 heteroatoms. The van der Waals surface area contributed by atoms with Crippen molar-refractivity contribution in [3.8, 4) is 11.5 Å². The summed E-state index contributed by atoms with van der Waals surface area (Å²) >= 11 is 0. The minimum atomic E-state index is -0.550. The van der Waals surface area contributed by atoms with Crippen LogP contribution in [0.4, 0.5) is 5.69 Å². The van der Waals surface area contributed by atoms with Gasteiger partial charge in [0.15, 0.2) is 0 Å². The predicted octanol–water partition coefficient (Wildman–Crippen LogP) is 8.29. The second-order valence-electron chi connectivity index (χ2n) is 8.81. The van der Waals surface area contributed by atoms with Gasteiger partial charge in [-0.05, 0) is 42.3 Å². The van der Waals surface area contributed by atoms with Crippen LogP contribution in [0, 0.1) is 10.1 Å². The van der Waals surface area contributed by atoms with E-state index in [1.165, 1.54) is 101 Å². The van der Waals surface area contributed by atoms with Crippen molar-refractivity contribution < 1.29 is 19.2 Å². The van der Waals surface area contributed by atoms with E-state index in [2.05, 4.69) is 6.92 Å². The Morgan fingerprint density at radius 1 is 0.771 bits per heavy atom. The normalized spacial score (nSPS) is 11.0. The molecule has 0 fully saturated rings. The molecule has 0 N–H and O–H groups in total. The van der Waals surface area contributed by atoms with Crippen LogP contribution >= 0.6 is 0 Å². The van der Waals surface area contributed by atoms with E-state index in [0.717, 1.165) is 17.7 Å². The summed E-state index contributed by atoms with van der Waals surface area (Å²) in [5.74, 6) is 0.525. The molecule has 2 rings (SSSR count). The molecule has 0 radical (unpaired) electrons. The molecule has 0 saturated carbocycles. The zero-order chi connectivity index (χ0) is 25.1. The highest BCUT2D eigenvalue weighted by molar-refractivity contribution is 5.88. The molecule has 190 valence electrons. The number of unbranched alkanes of at least 4 members (excludes halogenated alkanes) is 11. The number of carbonyl (C=O) groups is 1. The van der Waals surface area contributed by atoms with E-state index in [1.54, 1.807) is 6.08 Å². The van der Waals surface area contributed by atoms with Gasteiger partial charge in [-0.1, -0.05) is 89.7 Å². The van der Waals surface area contributed by atoms with Crippen molar-refractivity contribution in [2.24, 2.45) is 0 Å². The molecule has 35 heavy (non-hydrogen) atoms. The van der Waals surface area contributed by atoms with E-state index in [4.69, 9.17) is 9.47 Å². The lowest BCUT2D eigenvalue weighted by molar-refractivity contribution is -0.384. The Hall–Kier alpha value is -3.15. The molecular weight excluding hydrogens is 442 g/mol. The number of carbonyl (C=O) groups excluding carboxylic acids is 1. The average molecular weight is 482 g/mol. The quantitative estimate of drug-likeness (QED) is 0.0534. The molecule has 2 aromatic rings. The maximum absolute atomic E-state index is 12.0. The molecule has 0 aliphatic rings. The first kappa shape index (κ1) is 28.1. The van der Waals surface area contributed by atoms with E-state index < -0.39 is 10.9 Å². The molecule has 0 amide bonds. The number of rotatable bonds is 18. The van der Waals surface area contributed by atoms with Gasteiger partial charge in [0.1, 0.15) is 11.5 Å². The molecule has 0 aromatic heterocycles. The summed E-state index contributed by atoms with van der Waals surface area (Å²) < 4.78 is 11.0. The number of ether oxygens (including phenoxy) is 2. The third-order valence-corrected chi connectivity index (χ3v) is 5.82. The number of esters is 1. The topological polar surface area (TPSA) is 78.7 Å². The Balaban J connectivity index is 1.54. The molecule has 0 atom stereocenters. The highest BCUT2D eigenvalue weighted by Gasteiger charge is 2.06. The molecule has 2 aromatic carbocycles. The van der Waals surface area contributed by atoms with Gasteiger partial charge < -0.3 is 9.47 Å². The van der Waals surface area contributed by atoms with Crippen LogP contribution in [0.25, 0.3) is 6.08 Å². The van der Waals surface area contributed by atoms with Crippen LogP contribution in [0.5, 0.6) is 11.5 Å². The summed E-state index contributed by atoms with van der Waals surface area (Å²) in [5.41, 5.74) is 0.796. The fourth-order valence-electron chi connectivity index (χ4n) is 3.76. The van der Waals surface area contributed by atoms with Crippen LogP contribution in [0.2, 0.25) is 0 Å². The predicted molar refractivity (Wildman–Crippen MR) is 141 cm³/mol. The van der Waals surface area contributed by atoms with Gasteiger partial charge in [0.2, 0.25) is 0 Å². The standard InChI is InChI=1S/C29H39NO5/c1-2-3-4-5-6-7-8-9-10-11-12-13-24-34-27-19-14-25(15-20-27)16-23-29(31)35-28-21-17-26(18-22-28)30(32)33/h14-23H,2-13,24H2,1H3/b23-16+. The van der Waals surface area contributed by atoms with Gasteiger partial charge in [0, 0.05) is 18.2 Å². The van der Waals surface area contributed by atoms with Crippen molar-refractivity contribution in [2.45, 2.75) is 84.0 Å². The fraction of sp³-hybridized carbons (Fsp3) is 0.483. The van der Waals surface area contributed by atoms with E-state index in [1.807, 2.05) is 24.3 Å². The maximum Gasteiger partial charge on any atom is 0.336 e. The minimum Gasteiger partial charge on any atom is -0.494 e. The summed E-state index contributed by atoms with van der Waals surface area (Å²) in [6.45, 7) is 2.98. The van der Waals surface area contributed by atoms with Gasteiger partial charge in [0.05, 0.1) is 11.5 Å². The fourth-order valence-corrected chi connectivity index (χ4v) is 3.76. The lowest BCUT2D eigenvalue weighted by atomic mass is 10.1. The van der Waals surface area contributed by atoms with Gasteiger partial charge in [0.25, 0.3) is 5.69 Å². The van der Waals surface area contributed by atoms with E-state index in [9.17, 15) is 14.9 Å². The van der Waals surface area contributed by atoms with Gasteiger partial charge in [-0.3, -0.25) is 10.1 Å².